The molecule has 0 N–H and O–H groups in total. The van der Waals surface area contributed by atoms with Gasteiger partial charge in [0, 0.05) is 15.7 Å². The lowest BCUT2D eigenvalue weighted by atomic mass is 9.97. The number of halogens is 3. The lowest BCUT2D eigenvalue weighted by molar-refractivity contribution is -0.0498. The summed E-state index contributed by atoms with van der Waals surface area (Å²) in [6.45, 7) is -2.93. The third-order valence-corrected chi connectivity index (χ3v) is 8.43. The van der Waals surface area contributed by atoms with Gasteiger partial charge in [0.15, 0.2) is 5.16 Å². The first-order valence-corrected chi connectivity index (χ1v) is 13.2. The molecule has 0 unspecified atom stereocenters. The Morgan fingerprint density at radius 2 is 1.89 bits per heavy atom. The van der Waals surface area contributed by atoms with E-state index in [0.717, 1.165) is 36.1 Å². The van der Waals surface area contributed by atoms with Crippen molar-refractivity contribution < 1.29 is 18.3 Å². The number of thioether (sulfide) groups is 1. The van der Waals surface area contributed by atoms with Crippen molar-refractivity contribution in [3.63, 3.8) is 0 Å². The van der Waals surface area contributed by atoms with Crippen LogP contribution in [-0.2, 0) is 18.6 Å². The van der Waals surface area contributed by atoms with Crippen molar-refractivity contribution in [2.24, 2.45) is 0 Å². The van der Waals surface area contributed by atoms with Crippen molar-refractivity contribution in [1.29, 1.82) is 0 Å². The first-order chi connectivity index (χ1) is 16.9. The van der Waals surface area contributed by atoms with E-state index in [1.54, 1.807) is 35.1 Å². The lowest BCUT2D eigenvalue weighted by Gasteiger charge is -2.14. The molecule has 2 aromatic carbocycles. The van der Waals surface area contributed by atoms with E-state index >= 15 is 0 Å². The van der Waals surface area contributed by atoms with Gasteiger partial charge in [-0.15, -0.1) is 11.3 Å². The molecule has 0 bridgehead atoms. The normalized spacial score (nSPS) is 13.3. The van der Waals surface area contributed by atoms with Gasteiger partial charge in [0.05, 0.1) is 18.2 Å². The molecule has 0 radical (unpaired) electrons. The molecule has 2 aromatic heterocycles. The summed E-state index contributed by atoms with van der Waals surface area (Å²) in [5.74, 6) is 1.03. The molecule has 1 aliphatic rings. The first-order valence-electron chi connectivity index (χ1n) is 11.0. The standard InChI is InChI=1S/C25H21ClF2N2O3S2/c1-32-16-8-6-15(7-9-16)30-23(31)21-18-4-2-3-5-20(18)35-22(21)29-25(30)34-13-14-12-17(33-24(27)28)10-11-19(14)26/h6-12,24H,2-5,13H2,1H3. The Morgan fingerprint density at radius 3 is 2.63 bits per heavy atom. The van der Waals surface area contributed by atoms with Gasteiger partial charge in [-0.3, -0.25) is 9.36 Å². The number of methoxy groups -OCH3 is 1. The van der Waals surface area contributed by atoms with Crippen LogP contribution < -0.4 is 15.0 Å². The van der Waals surface area contributed by atoms with Gasteiger partial charge in [-0.2, -0.15) is 8.78 Å². The van der Waals surface area contributed by atoms with Gasteiger partial charge in [-0.1, -0.05) is 23.4 Å². The van der Waals surface area contributed by atoms with Crippen LogP contribution in [0.25, 0.3) is 15.9 Å². The van der Waals surface area contributed by atoms with E-state index in [1.807, 2.05) is 12.1 Å². The van der Waals surface area contributed by atoms with Gasteiger partial charge in [-0.25, -0.2) is 4.98 Å². The Bertz CT molecular complexity index is 1440. The predicted molar refractivity (Wildman–Crippen MR) is 136 cm³/mol. The second-order valence-corrected chi connectivity index (χ2v) is 10.5. The average Bonchev–Trinajstić information content (AvgIpc) is 3.23. The van der Waals surface area contributed by atoms with Crippen molar-refractivity contribution in [1.82, 2.24) is 9.55 Å². The lowest BCUT2D eigenvalue weighted by Crippen LogP contribution is -2.22. The maximum atomic E-state index is 13.8. The summed E-state index contributed by atoms with van der Waals surface area (Å²) in [6.07, 6.45) is 4.03. The number of hydrogen-bond donors (Lipinski definition) is 0. The highest BCUT2D eigenvalue weighted by molar-refractivity contribution is 7.98. The Labute approximate surface area is 213 Å². The van der Waals surface area contributed by atoms with Crippen LogP contribution in [-0.4, -0.2) is 23.3 Å². The molecule has 10 heteroatoms. The summed E-state index contributed by atoms with van der Waals surface area (Å²) >= 11 is 9.23. The van der Waals surface area contributed by atoms with Gasteiger partial charge >= 0.3 is 6.61 Å². The number of benzene rings is 2. The minimum Gasteiger partial charge on any atom is -0.497 e. The number of ether oxygens (including phenoxy) is 2. The minimum absolute atomic E-state index is 0.0295. The fourth-order valence-electron chi connectivity index (χ4n) is 4.22. The van der Waals surface area contributed by atoms with Crippen molar-refractivity contribution in [2.75, 3.05) is 7.11 Å². The predicted octanol–water partition coefficient (Wildman–Crippen LogP) is 6.88. The molecule has 5 rings (SSSR count). The summed E-state index contributed by atoms with van der Waals surface area (Å²) in [5, 5.41) is 1.61. The summed E-state index contributed by atoms with van der Waals surface area (Å²) in [6, 6.07) is 11.6. The van der Waals surface area contributed by atoms with Crippen LogP contribution in [0.15, 0.2) is 52.4 Å². The second kappa shape index (κ2) is 10.2. The summed E-state index contributed by atoms with van der Waals surface area (Å²) in [7, 11) is 1.59. The fraction of sp³-hybridized carbons (Fsp3) is 0.280. The molecule has 0 saturated carbocycles. The summed E-state index contributed by atoms with van der Waals surface area (Å²) < 4.78 is 36.7. The monoisotopic (exact) mass is 534 g/mol. The van der Waals surface area contributed by atoms with Crippen LogP contribution in [0, 0.1) is 0 Å². The van der Waals surface area contributed by atoms with Gasteiger partial charge in [0.25, 0.3) is 5.56 Å². The third kappa shape index (κ3) is 4.90. The number of aromatic nitrogens is 2. The Hall–Kier alpha value is -2.62. The number of rotatable bonds is 7. The van der Waals surface area contributed by atoms with Gasteiger partial charge in [0.1, 0.15) is 16.3 Å². The highest BCUT2D eigenvalue weighted by Crippen LogP contribution is 2.36. The molecular weight excluding hydrogens is 514 g/mol. The van der Waals surface area contributed by atoms with Crippen molar-refractivity contribution in [3.8, 4) is 17.2 Å². The van der Waals surface area contributed by atoms with E-state index < -0.39 is 6.61 Å². The third-order valence-electron chi connectivity index (χ3n) is 5.89. The topological polar surface area (TPSA) is 53.4 Å². The number of thiophene rings is 1. The quantitative estimate of drug-likeness (QED) is 0.191. The SMILES string of the molecule is COc1ccc(-n2c(SCc3cc(OC(F)F)ccc3Cl)nc3sc4c(c3c2=O)CCCC4)cc1. The average molecular weight is 535 g/mol. The maximum Gasteiger partial charge on any atom is 0.387 e. The van der Waals surface area contributed by atoms with E-state index in [2.05, 4.69) is 4.74 Å². The number of hydrogen-bond acceptors (Lipinski definition) is 6. The molecule has 0 atom stereocenters. The minimum atomic E-state index is -2.93. The molecule has 0 saturated heterocycles. The molecule has 182 valence electrons. The van der Waals surface area contributed by atoms with Crippen LogP contribution in [0.3, 0.4) is 0 Å². The van der Waals surface area contributed by atoms with Gasteiger partial charge < -0.3 is 9.47 Å². The molecule has 0 spiro atoms. The number of nitrogens with zero attached hydrogens (tertiary/aromatic N) is 2. The molecule has 0 amide bonds. The van der Waals surface area contributed by atoms with Crippen LogP contribution in [0.4, 0.5) is 8.78 Å². The molecule has 0 fully saturated rings. The Morgan fingerprint density at radius 1 is 1.14 bits per heavy atom. The smallest absolute Gasteiger partial charge is 0.387 e. The van der Waals surface area contributed by atoms with Gasteiger partial charge in [0.2, 0.25) is 0 Å². The molecule has 2 heterocycles. The number of fused-ring (bicyclic) bond motifs is 3. The number of alkyl halides is 2. The van der Waals surface area contributed by atoms with Crippen LogP contribution in [0.5, 0.6) is 11.5 Å². The zero-order valence-corrected chi connectivity index (χ0v) is 21.1. The largest absolute Gasteiger partial charge is 0.497 e. The van der Waals surface area contributed by atoms with E-state index in [0.29, 0.717) is 38.3 Å². The highest BCUT2D eigenvalue weighted by Gasteiger charge is 2.23. The van der Waals surface area contributed by atoms with Crippen LogP contribution in [0.2, 0.25) is 5.02 Å². The Balaban J connectivity index is 1.59. The van der Waals surface area contributed by atoms with E-state index in [-0.39, 0.29) is 11.3 Å². The first kappa shape index (κ1) is 24.1. The van der Waals surface area contributed by atoms with Crippen molar-refractivity contribution in [2.45, 2.75) is 43.2 Å². The Kier molecular flexibility index (Phi) is 7.00. The summed E-state index contributed by atoms with van der Waals surface area (Å²) in [4.78, 5) is 20.7. The van der Waals surface area contributed by atoms with Crippen LogP contribution in [0.1, 0.15) is 28.8 Å². The fourth-order valence-corrected chi connectivity index (χ4v) is 6.79. The van der Waals surface area contributed by atoms with Crippen LogP contribution >= 0.6 is 34.7 Å². The highest BCUT2D eigenvalue weighted by atomic mass is 35.5. The molecule has 4 aromatic rings. The zero-order chi connectivity index (χ0) is 24.5. The van der Waals surface area contributed by atoms with Crippen molar-refractivity contribution >= 4 is 44.9 Å². The molecular formula is C25H21ClF2N2O3S2. The maximum absolute atomic E-state index is 13.8. The molecule has 0 aliphatic heterocycles. The van der Waals surface area contributed by atoms with E-state index in [9.17, 15) is 13.6 Å². The molecule has 1 aliphatic carbocycles. The molecule has 35 heavy (non-hydrogen) atoms. The zero-order valence-electron chi connectivity index (χ0n) is 18.7. The van der Waals surface area contributed by atoms with Gasteiger partial charge in [-0.05, 0) is 79.3 Å². The van der Waals surface area contributed by atoms with E-state index in [1.165, 1.54) is 34.8 Å². The number of aryl methyl sites for hydroxylation is 2. The summed E-state index contributed by atoms with van der Waals surface area (Å²) in [5.41, 5.74) is 2.29. The second-order valence-electron chi connectivity index (χ2n) is 8.04. The molecule has 5 nitrogen and oxygen atoms in total. The van der Waals surface area contributed by atoms with E-state index in [4.69, 9.17) is 21.3 Å². The van der Waals surface area contributed by atoms with Crippen molar-refractivity contribution in [3.05, 3.63) is 73.8 Å².